The SMILES string of the molecule is C/C=C\C=C/C=O. The number of carbonyl (C=O) groups excluding carboxylic acids is 1. The molecule has 0 aromatic carbocycles. The largest absolute Gasteiger partial charge is 0.299 e. The number of allylic oxidation sites excluding steroid dienone is 4. The number of hydrogen-bond acceptors (Lipinski definition) is 1. The van der Waals surface area contributed by atoms with Gasteiger partial charge < -0.3 is 0 Å². The number of hydrogen-bond donors (Lipinski definition) is 0. The first-order chi connectivity index (χ1) is 3.41. The van der Waals surface area contributed by atoms with E-state index in [-0.39, 0.29) is 0 Å². The summed E-state index contributed by atoms with van der Waals surface area (Å²) < 4.78 is 0. The highest BCUT2D eigenvalue weighted by molar-refractivity contribution is 5.65. The molecule has 0 aromatic rings. The van der Waals surface area contributed by atoms with Gasteiger partial charge in [0.1, 0.15) is 6.29 Å². The fourth-order valence-electron chi connectivity index (χ4n) is 0.221. The minimum absolute atomic E-state index is 0.750. The standard InChI is InChI=1S/C6H8O/c1-2-3-4-5-6-7/h2-6H,1H3/b3-2-,5-4-. The maximum Gasteiger partial charge on any atom is 0.142 e. The third-order valence-corrected chi connectivity index (χ3v) is 0.493. The predicted molar refractivity (Wildman–Crippen MR) is 30.0 cm³/mol. The van der Waals surface area contributed by atoms with Gasteiger partial charge in [-0.15, -0.1) is 0 Å². The highest BCUT2D eigenvalue weighted by atomic mass is 16.1. The van der Waals surface area contributed by atoms with Gasteiger partial charge in [-0.25, -0.2) is 0 Å². The molecule has 7 heavy (non-hydrogen) atoms. The quantitative estimate of drug-likeness (QED) is 0.288. The summed E-state index contributed by atoms with van der Waals surface area (Å²) >= 11 is 0. The molecule has 0 N–H and O–H groups in total. The topological polar surface area (TPSA) is 17.1 Å². The third-order valence-electron chi connectivity index (χ3n) is 0.493. The maximum absolute atomic E-state index is 9.56. The molecule has 0 saturated heterocycles. The summed E-state index contributed by atoms with van der Waals surface area (Å²) in [5.74, 6) is 0. The third kappa shape index (κ3) is 5.15. The number of carbonyl (C=O) groups is 1. The van der Waals surface area contributed by atoms with E-state index in [9.17, 15) is 4.79 Å². The van der Waals surface area contributed by atoms with E-state index in [1.165, 1.54) is 6.08 Å². The number of rotatable bonds is 2. The molecule has 0 aliphatic carbocycles. The van der Waals surface area contributed by atoms with Gasteiger partial charge in [0.15, 0.2) is 0 Å². The Morgan fingerprint density at radius 3 is 2.29 bits per heavy atom. The molecule has 0 rings (SSSR count). The van der Waals surface area contributed by atoms with Crippen molar-refractivity contribution in [2.75, 3.05) is 0 Å². The zero-order valence-electron chi connectivity index (χ0n) is 4.29. The average Bonchev–Trinajstić information content (AvgIpc) is 1.69. The van der Waals surface area contributed by atoms with E-state index in [2.05, 4.69) is 0 Å². The maximum atomic E-state index is 9.56. The first kappa shape index (κ1) is 6.15. The van der Waals surface area contributed by atoms with Crippen molar-refractivity contribution in [1.82, 2.24) is 0 Å². The van der Waals surface area contributed by atoms with Crippen LogP contribution in [0.4, 0.5) is 0 Å². The lowest BCUT2D eigenvalue weighted by Crippen LogP contribution is -1.53. The van der Waals surface area contributed by atoms with Crippen LogP contribution in [-0.2, 0) is 4.79 Å². The van der Waals surface area contributed by atoms with E-state index >= 15 is 0 Å². The van der Waals surface area contributed by atoms with E-state index in [0.29, 0.717) is 0 Å². The molecule has 38 valence electrons. The molecule has 0 aliphatic rings. The summed E-state index contributed by atoms with van der Waals surface area (Å²) in [5.41, 5.74) is 0. The van der Waals surface area contributed by atoms with Crippen LogP contribution in [0.25, 0.3) is 0 Å². The molecule has 0 radical (unpaired) electrons. The molecule has 0 aromatic heterocycles. The Morgan fingerprint density at radius 2 is 1.86 bits per heavy atom. The van der Waals surface area contributed by atoms with Gasteiger partial charge in [-0.3, -0.25) is 4.79 Å². The molecular formula is C6H8O. The summed E-state index contributed by atoms with van der Waals surface area (Å²) in [7, 11) is 0. The van der Waals surface area contributed by atoms with E-state index < -0.39 is 0 Å². The zero-order chi connectivity index (χ0) is 5.54. The second-order valence-corrected chi connectivity index (χ2v) is 1.05. The van der Waals surface area contributed by atoms with Gasteiger partial charge in [0, 0.05) is 0 Å². The Kier molecular flexibility index (Phi) is 4.52. The van der Waals surface area contributed by atoms with E-state index in [1.54, 1.807) is 12.2 Å². The molecule has 1 nitrogen and oxygen atoms in total. The fraction of sp³-hybridized carbons (Fsp3) is 0.167. The highest BCUT2D eigenvalue weighted by Crippen LogP contribution is 1.70. The molecule has 0 bridgehead atoms. The molecular weight excluding hydrogens is 88.1 g/mol. The van der Waals surface area contributed by atoms with Gasteiger partial charge in [0.2, 0.25) is 0 Å². The smallest absolute Gasteiger partial charge is 0.142 e. The van der Waals surface area contributed by atoms with Crippen molar-refractivity contribution < 1.29 is 4.79 Å². The van der Waals surface area contributed by atoms with Gasteiger partial charge in [-0.1, -0.05) is 18.2 Å². The van der Waals surface area contributed by atoms with Crippen LogP contribution in [0.1, 0.15) is 6.92 Å². The van der Waals surface area contributed by atoms with Gasteiger partial charge in [-0.05, 0) is 13.0 Å². The van der Waals surface area contributed by atoms with Crippen LogP contribution in [0, 0.1) is 0 Å². The minimum atomic E-state index is 0.750. The second kappa shape index (κ2) is 5.15. The van der Waals surface area contributed by atoms with E-state index in [4.69, 9.17) is 0 Å². The summed E-state index contributed by atoms with van der Waals surface area (Å²) in [6.45, 7) is 1.90. The Morgan fingerprint density at radius 1 is 1.14 bits per heavy atom. The molecule has 0 aliphatic heterocycles. The van der Waals surface area contributed by atoms with Crippen LogP contribution < -0.4 is 0 Å². The molecule has 0 saturated carbocycles. The molecule has 0 spiro atoms. The van der Waals surface area contributed by atoms with Gasteiger partial charge in [0.05, 0.1) is 0 Å². The van der Waals surface area contributed by atoms with Crippen LogP contribution in [0.3, 0.4) is 0 Å². The lowest BCUT2D eigenvalue weighted by atomic mass is 10.5. The van der Waals surface area contributed by atoms with Gasteiger partial charge in [-0.2, -0.15) is 0 Å². The van der Waals surface area contributed by atoms with Crippen LogP contribution >= 0.6 is 0 Å². The molecule has 0 atom stereocenters. The Bertz CT molecular complexity index is 90.4. The summed E-state index contributed by atoms with van der Waals surface area (Å²) in [4.78, 5) is 9.56. The summed E-state index contributed by atoms with van der Waals surface area (Å²) in [5, 5.41) is 0. The summed E-state index contributed by atoms with van der Waals surface area (Å²) in [6.07, 6.45) is 7.54. The first-order valence-corrected chi connectivity index (χ1v) is 2.15. The normalized spacial score (nSPS) is 11.0. The van der Waals surface area contributed by atoms with E-state index in [1.807, 2.05) is 13.0 Å². The molecule has 0 amide bonds. The molecule has 1 heteroatoms. The van der Waals surface area contributed by atoms with Gasteiger partial charge in [0.25, 0.3) is 0 Å². The van der Waals surface area contributed by atoms with Crippen LogP contribution in [-0.4, -0.2) is 6.29 Å². The van der Waals surface area contributed by atoms with Crippen molar-refractivity contribution in [2.45, 2.75) is 6.92 Å². The Labute approximate surface area is 43.3 Å². The van der Waals surface area contributed by atoms with E-state index in [0.717, 1.165) is 6.29 Å². The van der Waals surface area contributed by atoms with Crippen molar-refractivity contribution in [3.63, 3.8) is 0 Å². The Balaban J connectivity index is 3.27. The first-order valence-electron chi connectivity index (χ1n) is 2.15. The van der Waals surface area contributed by atoms with Crippen LogP contribution in [0.2, 0.25) is 0 Å². The highest BCUT2D eigenvalue weighted by Gasteiger charge is 1.55. The van der Waals surface area contributed by atoms with Crippen molar-refractivity contribution in [1.29, 1.82) is 0 Å². The fourth-order valence-corrected chi connectivity index (χ4v) is 0.221. The second-order valence-electron chi connectivity index (χ2n) is 1.05. The van der Waals surface area contributed by atoms with Crippen LogP contribution in [0.15, 0.2) is 24.3 Å². The zero-order valence-corrected chi connectivity index (χ0v) is 4.29. The molecule has 0 heterocycles. The lowest BCUT2D eigenvalue weighted by Gasteiger charge is -1.62. The monoisotopic (exact) mass is 96.1 g/mol. The van der Waals surface area contributed by atoms with Crippen molar-refractivity contribution in [2.24, 2.45) is 0 Å². The van der Waals surface area contributed by atoms with Crippen LogP contribution in [0.5, 0.6) is 0 Å². The van der Waals surface area contributed by atoms with Crippen molar-refractivity contribution >= 4 is 6.29 Å². The van der Waals surface area contributed by atoms with Gasteiger partial charge >= 0.3 is 0 Å². The number of aldehydes is 1. The Hall–Kier alpha value is -0.850. The predicted octanol–water partition coefficient (Wildman–Crippen LogP) is 1.32. The molecule has 0 fully saturated rings. The lowest BCUT2D eigenvalue weighted by molar-refractivity contribution is -0.104. The van der Waals surface area contributed by atoms with Crippen molar-refractivity contribution in [3.05, 3.63) is 24.3 Å². The minimum Gasteiger partial charge on any atom is -0.299 e. The summed E-state index contributed by atoms with van der Waals surface area (Å²) in [6, 6.07) is 0. The average molecular weight is 96.1 g/mol. The molecule has 0 unspecified atom stereocenters. The van der Waals surface area contributed by atoms with Crippen molar-refractivity contribution in [3.8, 4) is 0 Å².